The largest absolute Gasteiger partial charge is 0.387 e. The molecule has 13 heavy (non-hydrogen) atoms. The average molecular weight is 188 g/mol. The molecule has 0 rings (SSSR count). The van der Waals surface area contributed by atoms with Crippen LogP contribution in [0, 0.1) is 5.92 Å². The Morgan fingerprint density at radius 1 is 1.38 bits per heavy atom. The first-order valence-corrected chi connectivity index (χ1v) is 5.29. The van der Waals surface area contributed by atoms with Crippen LogP contribution >= 0.6 is 0 Å². The Kier molecular flexibility index (Phi) is 6.35. The summed E-state index contributed by atoms with van der Waals surface area (Å²) in [6, 6.07) is 0. The van der Waals surface area contributed by atoms with Crippen LogP contribution in [0.25, 0.3) is 0 Å². The van der Waals surface area contributed by atoms with Gasteiger partial charge in [0, 0.05) is 7.11 Å². The SMILES string of the molecule is CCCC(C)CC(O)(CC)COC. The monoisotopic (exact) mass is 188 g/mol. The van der Waals surface area contributed by atoms with Gasteiger partial charge in [-0.05, 0) is 18.8 Å². The van der Waals surface area contributed by atoms with Crippen molar-refractivity contribution in [1.82, 2.24) is 0 Å². The third-order valence-electron chi connectivity index (χ3n) is 2.58. The molecule has 0 saturated carbocycles. The fraction of sp³-hybridized carbons (Fsp3) is 1.00. The molecule has 0 aromatic carbocycles. The molecule has 0 aromatic rings. The van der Waals surface area contributed by atoms with E-state index in [-0.39, 0.29) is 0 Å². The lowest BCUT2D eigenvalue weighted by Crippen LogP contribution is -2.35. The standard InChI is InChI=1S/C11H24O2/c1-5-7-10(3)8-11(12,6-2)9-13-4/h10,12H,5-9H2,1-4H3. The van der Waals surface area contributed by atoms with Gasteiger partial charge in [-0.3, -0.25) is 0 Å². The highest BCUT2D eigenvalue weighted by molar-refractivity contribution is 4.78. The van der Waals surface area contributed by atoms with Crippen LogP contribution in [-0.4, -0.2) is 24.4 Å². The molecule has 0 radical (unpaired) electrons. The van der Waals surface area contributed by atoms with E-state index < -0.39 is 5.60 Å². The maximum Gasteiger partial charge on any atom is 0.0879 e. The van der Waals surface area contributed by atoms with Gasteiger partial charge in [-0.1, -0.05) is 33.6 Å². The number of aliphatic hydroxyl groups is 1. The summed E-state index contributed by atoms with van der Waals surface area (Å²) in [5.41, 5.74) is -0.608. The highest BCUT2D eigenvalue weighted by Gasteiger charge is 2.26. The summed E-state index contributed by atoms with van der Waals surface area (Å²) in [6.45, 7) is 6.84. The maximum atomic E-state index is 10.1. The van der Waals surface area contributed by atoms with Gasteiger partial charge in [0.25, 0.3) is 0 Å². The van der Waals surface area contributed by atoms with Gasteiger partial charge < -0.3 is 9.84 Å². The molecule has 0 fully saturated rings. The summed E-state index contributed by atoms with van der Waals surface area (Å²) >= 11 is 0. The van der Waals surface area contributed by atoms with E-state index in [0.29, 0.717) is 12.5 Å². The van der Waals surface area contributed by atoms with Crippen molar-refractivity contribution in [2.45, 2.75) is 52.1 Å². The Hall–Kier alpha value is -0.0800. The average Bonchev–Trinajstić information content (AvgIpc) is 2.05. The molecule has 0 spiro atoms. The van der Waals surface area contributed by atoms with Crippen LogP contribution in [0.3, 0.4) is 0 Å². The van der Waals surface area contributed by atoms with Crippen LogP contribution < -0.4 is 0 Å². The number of ether oxygens (including phenoxy) is 1. The lowest BCUT2D eigenvalue weighted by atomic mass is 9.88. The van der Waals surface area contributed by atoms with E-state index in [1.54, 1.807) is 7.11 Å². The van der Waals surface area contributed by atoms with Crippen molar-refractivity contribution in [1.29, 1.82) is 0 Å². The molecule has 2 atom stereocenters. The first-order valence-electron chi connectivity index (χ1n) is 5.29. The molecule has 2 nitrogen and oxygen atoms in total. The topological polar surface area (TPSA) is 29.5 Å². The molecule has 2 heteroatoms. The quantitative estimate of drug-likeness (QED) is 0.665. The smallest absolute Gasteiger partial charge is 0.0879 e. The molecular formula is C11H24O2. The highest BCUT2D eigenvalue weighted by atomic mass is 16.5. The first-order chi connectivity index (χ1) is 6.08. The van der Waals surface area contributed by atoms with E-state index in [2.05, 4.69) is 13.8 Å². The minimum Gasteiger partial charge on any atom is -0.387 e. The Labute approximate surface area is 82.3 Å². The fourth-order valence-electron chi connectivity index (χ4n) is 1.82. The molecule has 0 aliphatic rings. The van der Waals surface area contributed by atoms with Crippen LogP contribution in [0.2, 0.25) is 0 Å². The minimum absolute atomic E-state index is 0.456. The molecule has 0 aliphatic heterocycles. The van der Waals surface area contributed by atoms with E-state index in [4.69, 9.17) is 4.74 Å². The summed E-state index contributed by atoms with van der Waals surface area (Å²) in [4.78, 5) is 0. The van der Waals surface area contributed by atoms with Gasteiger partial charge in [0.05, 0.1) is 12.2 Å². The van der Waals surface area contributed by atoms with Gasteiger partial charge >= 0.3 is 0 Å². The molecule has 2 unspecified atom stereocenters. The lowest BCUT2D eigenvalue weighted by molar-refractivity contribution is -0.0494. The van der Waals surface area contributed by atoms with Gasteiger partial charge in [-0.25, -0.2) is 0 Å². The molecular weight excluding hydrogens is 164 g/mol. The molecule has 0 amide bonds. The van der Waals surface area contributed by atoms with Gasteiger partial charge in [-0.15, -0.1) is 0 Å². The van der Waals surface area contributed by atoms with Crippen LogP contribution in [0.5, 0.6) is 0 Å². The molecule has 1 N–H and O–H groups in total. The first kappa shape index (κ1) is 12.9. The van der Waals surface area contributed by atoms with Crippen molar-refractivity contribution >= 4 is 0 Å². The lowest BCUT2D eigenvalue weighted by Gasteiger charge is -2.28. The zero-order valence-electron chi connectivity index (χ0n) is 9.47. The predicted molar refractivity (Wildman–Crippen MR) is 55.8 cm³/mol. The Morgan fingerprint density at radius 2 is 2.00 bits per heavy atom. The zero-order chi connectivity index (χ0) is 10.3. The van der Waals surface area contributed by atoms with Crippen LogP contribution in [0.1, 0.15) is 46.5 Å². The highest BCUT2D eigenvalue weighted by Crippen LogP contribution is 2.23. The van der Waals surface area contributed by atoms with Crippen molar-refractivity contribution in [2.24, 2.45) is 5.92 Å². The summed E-state index contributed by atoms with van der Waals surface area (Å²) in [7, 11) is 1.64. The van der Waals surface area contributed by atoms with Gasteiger partial charge in [-0.2, -0.15) is 0 Å². The second-order valence-electron chi connectivity index (χ2n) is 4.11. The fourth-order valence-corrected chi connectivity index (χ4v) is 1.82. The third-order valence-corrected chi connectivity index (χ3v) is 2.58. The molecule has 0 saturated heterocycles. The summed E-state index contributed by atoms with van der Waals surface area (Å²) in [5.74, 6) is 0.588. The Morgan fingerprint density at radius 3 is 2.38 bits per heavy atom. The van der Waals surface area contributed by atoms with E-state index in [9.17, 15) is 5.11 Å². The normalized spacial score (nSPS) is 18.2. The number of rotatable bonds is 7. The Balaban J connectivity index is 3.93. The van der Waals surface area contributed by atoms with Crippen molar-refractivity contribution < 1.29 is 9.84 Å². The molecule has 0 aromatic heterocycles. The van der Waals surface area contributed by atoms with Crippen LogP contribution in [0.4, 0.5) is 0 Å². The van der Waals surface area contributed by atoms with E-state index in [1.807, 2.05) is 6.92 Å². The number of hydrogen-bond donors (Lipinski definition) is 1. The Bertz CT molecular complexity index is 125. The summed E-state index contributed by atoms with van der Waals surface area (Å²) in [6.07, 6.45) is 4.00. The zero-order valence-corrected chi connectivity index (χ0v) is 9.47. The van der Waals surface area contributed by atoms with Crippen molar-refractivity contribution in [3.63, 3.8) is 0 Å². The number of methoxy groups -OCH3 is 1. The molecule has 0 aliphatic carbocycles. The van der Waals surface area contributed by atoms with Crippen LogP contribution in [-0.2, 0) is 4.74 Å². The summed E-state index contributed by atoms with van der Waals surface area (Å²) < 4.78 is 5.03. The van der Waals surface area contributed by atoms with Crippen LogP contribution in [0.15, 0.2) is 0 Å². The number of hydrogen-bond acceptors (Lipinski definition) is 2. The minimum atomic E-state index is -0.608. The van der Waals surface area contributed by atoms with Crippen molar-refractivity contribution in [2.75, 3.05) is 13.7 Å². The maximum absolute atomic E-state index is 10.1. The van der Waals surface area contributed by atoms with E-state index >= 15 is 0 Å². The molecule has 0 bridgehead atoms. The van der Waals surface area contributed by atoms with E-state index in [1.165, 1.54) is 12.8 Å². The van der Waals surface area contributed by atoms with Gasteiger partial charge in [0.1, 0.15) is 0 Å². The molecule has 80 valence electrons. The van der Waals surface area contributed by atoms with Gasteiger partial charge in [0.2, 0.25) is 0 Å². The van der Waals surface area contributed by atoms with Crippen molar-refractivity contribution in [3.05, 3.63) is 0 Å². The molecule has 0 heterocycles. The predicted octanol–water partition coefficient (Wildman–Crippen LogP) is 2.60. The van der Waals surface area contributed by atoms with Crippen molar-refractivity contribution in [3.8, 4) is 0 Å². The second-order valence-corrected chi connectivity index (χ2v) is 4.11. The second kappa shape index (κ2) is 6.39. The summed E-state index contributed by atoms with van der Waals surface area (Å²) in [5, 5.41) is 10.1. The van der Waals surface area contributed by atoms with Gasteiger partial charge in [0.15, 0.2) is 0 Å². The third kappa shape index (κ3) is 5.27. The van der Waals surface area contributed by atoms with E-state index in [0.717, 1.165) is 12.8 Å².